The Balaban J connectivity index is 1.78. The molecule has 2 aromatic rings. The molecule has 0 saturated carbocycles. The first kappa shape index (κ1) is 16.5. The molecule has 23 heavy (non-hydrogen) atoms. The van der Waals surface area contributed by atoms with Gasteiger partial charge in [0, 0.05) is 24.8 Å². The highest BCUT2D eigenvalue weighted by Crippen LogP contribution is 2.13. The van der Waals surface area contributed by atoms with E-state index in [0.29, 0.717) is 6.54 Å². The van der Waals surface area contributed by atoms with Gasteiger partial charge in [-0.1, -0.05) is 24.3 Å². The predicted octanol–water partition coefficient (Wildman–Crippen LogP) is 2.68. The third-order valence-corrected chi connectivity index (χ3v) is 3.40. The van der Waals surface area contributed by atoms with Gasteiger partial charge in [-0.2, -0.15) is 0 Å². The third-order valence-electron chi connectivity index (χ3n) is 3.40. The van der Waals surface area contributed by atoms with E-state index < -0.39 is 0 Å². The number of anilines is 2. The lowest BCUT2D eigenvalue weighted by Gasteiger charge is -2.10. The molecule has 3 N–H and O–H groups in total. The maximum Gasteiger partial charge on any atom is 0.239 e. The van der Waals surface area contributed by atoms with Crippen LogP contribution in [0.1, 0.15) is 18.1 Å². The Bertz CT molecular complexity index is 681. The van der Waals surface area contributed by atoms with Crippen molar-refractivity contribution < 1.29 is 9.59 Å². The van der Waals surface area contributed by atoms with Gasteiger partial charge in [0.2, 0.25) is 11.8 Å². The topological polar surface area (TPSA) is 70.2 Å². The summed E-state index contributed by atoms with van der Waals surface area (Å²) in [5.74, 6) is -0.180. The molecule has 0 atom stereocenters. The summed E-state index contributed by atoms with van der Waals surface area (Å²) in [5.41, 5.74) is 3.83. The molecule has 2 aromatic carbocycles. The Morgan fingerprint density at radius 1 is 0.957 bits per heavy atom. The minimum atomic E-state index is -0.110. The van der Waals surface area contributed by atoms with Crippen molar-refractivity contribution in [1.82, 2.24) is 5.32 Å². The summed E-state index contributed by atoms with van der Waals surface area (Å²) >= 11 is 0. The molecule has 2 rings (SSSR count). The molecule has 5 nitrogen and oxygen atoms in total. The van der Waals surface area contributed by atoms with Crippen LogP contribution >= 0.6 is 0 Å². The van der Waals surface area contributed by atoms with Crippen molar-refractivity contribution in [2.75, 3.05) is 17.2 Å². The number of nitrogens with one attached hydrogen (secondary N) is 3. The van der Waals surface area contributed by atoms with Crippen molar-refractivity contribution in [2.45, 2.75) is 20.4 Å². The Labute approximate surface area is 136 Å². The standard InChI is InChI=1S/C18H21N3O2/c1-13-5-3-4-6-15(13)11-20-18(23)12-19-16-7-9-17(10-8-16)21-14(2)22/h3-10,19H,11-12H2,1-2H3,(H,20,23)(H,21,22). The average Bonchev–Trinajstić information content (AvgIpc) is 2.53. The molecule has 0 heterocycles. The van der Waals surface area contributed by atoms with E-state index in [1.165, 1.54) is 6.92 Å². The first-order chi connectivity index (χ1) is 11.0. The lowest BCUT2D eigenvalue weighted by atomic mass is 10.1. The molecule has 0 saturated heterocycles. The van der Waals surface area contributed by atoms with Crippen LogP contribution in [0.2, 0.25) is 0 Å². The zero-order valence-electron chi connectivity index (χ0n) is 13.3. The molecule has 0 aliphatic heterocycles. The fourth-order valence-electron chi connectivity index (χ4n) is 2.12. The molecule has 2 amide bonds. The molecule has 0 fully saturated rings. The predicted molar refractivity (Wildman–Crippen MR) is 92.3 cm³/mol. The summed E-state index contributed by atoms with van der Waals surface area (Å²) in [5, 5.41) is 8.63. The molecule has 120 valence electrons. The summed E-state index contributed by atoms with van der Waals surface area (Å²) in [7, 11) is 0. The number of rotatable bonds is 6. The highest BCUT2D eigenvalue weighted by atomic mass is 16.2. The molecule has 0 bridgehead atoms. The van der Waals surface area contributed by atoms with Crippen molar-refractivity contribution in [3.8, 4) is 0 Å². The van der Waals surface area contributed by atoms with Crippen molar-refractivity contribution in [3.63, 3.8) is 0 Å². The minimum absolute atomic E-state index is 0.0702. The lowest BCUT2D eigenvalue weighted by molar-refractivity contribution is -0.119. The normalized spacial score (nSPS) is 10.0. The van der Waals surface area contributed by atoms with E-state index in [1.807, 2.05) is 43.3 Å². The summed E-state index contributed by atoms with van der Waals surface area (Å²) < 4.78 is 0. The highest BCUT2D eigenvalue weighted by molar-refractivity contribution is 5.88. The lowest BCUT2D eigenvalue weighted by Crippen LogP contribution is -2.29. The molecule has 0 radical (unpaired) electrons. The zero-order chi connectivity index (χ0) is 16.7. The van der Waals surface area contributed by atoms with Crippen molar-refractivity contribution in [3.05, 3.63) is 59.7 Å². The second kappa shape index (κ2) is 7.98. The van der Waals surface area contributed by atoms with Gasteiger partial charge in [0.05, 0.1) is 6.54 Å². The summed E-state index contributed by atoms with van der Waals surface area (Å²) in [6.45, 7) is 4.21. The number of aryl methyl sites for hydroxylation is 1. The Hall–Kier alpha value is -2.82. The van der Waals surface area contributed by atoms with Crippen LogP contribution in [0.25, 0.3) is 0 Å². The van der Waals surface area contributed by atoms with Crippen LogP contribution < -0.4 is 16.0 Å². The second-order valence-electron chi connectivity index (χ2n) is 5.32. The number of benzene rings is 2. The molecule has 0 aromatic heterocycles. The number of carbonyl (C=O) groups is 2. The third kappa shape index (κ3) is 5.47. The fraction of sp³-hybridized carbons (Fsp3) is 0.222. The van der Waals surface area contributed by atoms with E-state index in [2.05, 4.69) is 16.0 Å². The second-order valence-corrected chi connectivity index (χ2v) is 5.32. The minimum Gasteiger partial charge on any atom is -0.376 e. The number of carbonyl (C=O) groups excluding carboxylic acids is 2. The quantitative estimate of drug-likeness (QED) is 0.768. The van der Waals surface area contributed by atoms with E-state index in [4.69, 9.17) is 0 Å². The van der Waals surface area contributed by atoms with Crippen molar-refractivity contribution in [2.24, 2.45) is 0 Å². The van der Waals surface area contributed by atoms with Crippen LogP contribution in [0.3, 0.4) is 0 Å². The van der Waals surface area contributed by atoms with Gasteiger partial charge in [-0.3, -0.25) is 9.59 Å². The molecule has 0 unspecified atom stereocenters. The molecule has 0 aliphatic carbocycles. The van der Waals surface area contributed by atoms with Crippen molar-refractivity contribution in [1.29, 1.82) is 0 Å². The number of amides is 2. The molecular weight excluding hydrogens is 290 g/mol. The number of hydrogen-bond acceptors (Lipinski definition) is 3. The van der Waals surface area contributed by atoms with Gasteiger partial charge < -0.3 is 16.0 Å². The summed E-state index contributed by atoms with van der Waals surface area (Å²) in [6.07, 6.45) is 0. The van der Waals surface area contributed by atoms with Gasteiger partial charge in [0.25, 0.3) is 0 Å². The largest absolute Gasteiger partial charge is 0.376 e. The van der Waals surface area contributed by atoms with Gasteiger partial charge in [-0.15, -0.1) is 0 Å². The van der Waals surface area contributed by atoms with Crippen LogP contribution in [0.5, 0.6) is 0 Å². The monoisotopic (exact) mass is 311 g/mol. The van der Waals surface area contributed by atoms with Crippen LogP contribution in [0.15, 0.2) is 48.5 Å². The zero-order valence-corrected chi connectivity index (χ0v) is 13.3. The van der Waals surface area contributed by atoms with Crippen LogP contribution in [-0.4, -0.2) is 18.4 Å². The Kier molecular flexibility index (Phi) is 5.74. The van der Waals surface area contributed by atoms with E-state index >= 15 is 0 Å². The molecule has 5 heteroatoms. The van der Waals surface area contributed by atoms with E-state index in [-0.39, 0.29) is 18.4 Å². The van der Waals surface area contributed by atoms with Crippen LogP contribution in [-0.2, 0) is 16.1 Å². The van der Waals surface area contributed by atoms with Crippen LogP contribution in [0.4, 0.5) is 11.4 Å². The van der Waals surface area contributed by atoms with Crippen molar-refractivity contribution >= 4 is 23.2 Å². The summed E-state index contributed by atoms with van der Waals surface area (Å²) in [6, 6.07) is 15.2. The number of hydrogen-bond donors (Lipinski definition) is 3. The Morgan fingerprint density at radius 2 is 1.61 bits per heavy atom. The maximum atomic E-state index is 11.9. The smallest absolute Gasteiger partial charge is 0.239 e. The first-order valence-corrected chi connectivity index (χ1v) is 7.47. The SMILES string of the molecule is CC(=O)Nc1ccc(NCC(=O)NCc2ccccc2C)cc1. The average molecular weight is 311 g/mol. The fourth-order valence-corrected chi connectivity index (χ4v) is 2.12. The van der Waals surface area contributed by atoms with Crippen LogP contribution in [0, 0.1) is 6.92 Å². The van der Waals surface area contributed by atoms with Gasteiger partial charge >= 0.3 is 0 Å². The Morgan fingerprint density at radius 3 is 2.26 bits per heavy atom. The molecule has 0 spiro atoms. The van der Waals surface area contributed by atoms with Gasteiger partial charge in [0.1, 0.15) is 0 Å². The van der Waals surface area contributed by atoms with E-state index in [9.17, 15) is 9.59 Å². The highest BCUT2D eigenvalue weighted by Gasteiger charge is 2.03. The van der Waals surface area contributed by atoms with Gasteiger partial charge in [0.15, 0.2) is 0 Å². The maximum absolute atomic E-state index is 11.9. The first-order valence-electron chi connectivity index (χ1n) is 7.47. The summed E-state index contributed by atoms with van der Waals surface area (Å²) in [4.78, 5) is 22.8. The molecular formula is C18H21N3O2. The van der Waals surface area contributed by atoms with E-state index in [0.717, 1.165) is 22.5 Å². The van der Waals surface area contributed by atoms with Gasteiger partial charge in [-0.25, -0.2) is 0 Å². The van der Waals surface area contributed by atoms with Gasteiger partial charge in [-0.05, 0) is 42.3 Å². The van der Waals surface area contributed by atoms with E-state index in [1.54, 1.807) is 12.1 Å². The molecule has 0 aliphatic rings.